The zero-order valence-electron chi connectivity index (χ0n) is 17.0. The Balaban J connectivity index is 1.98. The van der Waals surface area contributed by atoms with Crippen molar-refractivity contribution in [1.29, 1.82) is 0 Å². The third-order valence-electron chi connectivity index (χ3n) is 5.60. The number of rotatable bonds is 4. The first-order valence-corrected chi connectivity index (χ1v) is 9.91. The second kappa shape index (κ2) is 8.19. The van der Waals surface area contributed by atoms with E-state index in [0.29, 0.717) is 30.0 Å². The summed E-state index contributed by atoms with van der Waals surface area (Å²) in [5, 5.41) is 3.20. The Kier molecular flexibility index (Phi) is 6.03. The minimum Gasteiger partial charge on any atom is -0.341 e. The molecule has 0 saturated carbocycles. The van der Waals surface area contributed by atoms with Gasteiger partial charge in [0.15, 0.2) is 0 Å². The Hall–Kier alpha value is -2.34. The third-order valence-corrected chi connectivity index (χ3v) is 5.60. The van der Waals surface area contributed by atoms with Gasteiger partial charge in [-0.3, -0.25) is 4.79 Å². The molecule has 1 heterocycles. The van der Waals surface area contributed by atoms with E-state index in [4.69, 9.17) is 0 Å². The Morgan fingerprint density at radius 2 is 1.90 bits per heavy atom. The van der Waals surface area contributed by atoms with Gasteiger partial charge in [0.2, 0.25) is 0 Å². The first kappa shape index (κ1) is 21.4. The van der Waals surface area contributed by atoms with Gasteiger partial charge < -0.3 is 10.2 Å². The quantitative estimate of drug-likeness (QED) is 0.789. The van der Waals surface area contributed by atoms with Gasteiger partial charge in [-0.15, -0.1) is 0 Å². The number of likely N-dealkylation sites (tertiary alicyclic amines) is 1. The van der Waals surface area contributed by atoms with Crippen LogP contribution >= 0.6 is 0 Å². The van der Waals surface area contributed by atoms with Gasteiger partial charge >= 0.3 is 6.18 Å². The third kappa shape index (κ3) is 4.64. The highest BCUT2D eigenvalue weighted by molar-refractivity contribution is 5.96. The molecule has 0 radical (unpaired) electrons. The molecular weight excluding hydrogens is 377 g/mol. The van der Waals surface area contributed by atoms with Crippen molar-refractivity contribution in [1.82, 2.24) is 10.2 Å². The minimum absolute atomic E-state index is 0.302. The fourth-order valence-corrected chi connectivity index (χ4v) is 4.48. The van der Waals surface area contributed by atoms with Crippen LogP contribution in [0.5, 0.6) is 0 Å². The van der Waals surface area contributed by atoms with Crippen molar-refractivity contribution in [3.8, 4) is 0 Å². The molecule has 29 heavy (non-hydrogen) atoms. The molecule has 3 rings (SSSR count). The fraction of sp³-hybridized carbons (Fsp3) is 0.435. The smallest absolute Gasteiger partial charge is 0.341 e. The number of hydrogen-bond acceptors (Lipinski definition) is 2. The van der Waals surface area contributed by atoms with Gasteiger partial charge in [0.1, 0.15) is 0 Å². The van der Waals surface area contributed by atoms with E-state index in [2.05, 4.69) is 17.1 Å². The number of aryl methyl sites for hydroxylation is 1. The Morgan fingerprint density at radius 3 is 2.48 bits per heavy atom. The van der Waals surface area contributed by atoms with E-state index in [1.165, 1.54) is 6.07 Å². The molecule has 2 atom stereocenters. The van der Waals surface area contributed by atoms with Gasteiger partial charge in [-0.25, -0.2) is 0 Å². The van der Waals surface area contributed by atoms with Crippen molar-refractivity contribution in [3.63, 3.8) is 0 Å². The maximum Gasteiger partial charge on any atom is 0.416 e. The van der Waals surface area contributed by atoms with Crippen LogP contribution in [-0.2, 0) is 18.1 Å². The monoisotopic (exact) mass is 404 g/mol. The number of nitrogens with zero attached hydrogens (tertiary/aromatic N) is 1. The average Bonchev–Trinajstić information content (AvgIpc) is 2.66. The molecule has 3 nitrogen and oxygen atoms in total. The number of hydrogen-bond donors (Lipinski definition) is 1. The second-order valence-electron chi connectivity index (χ2n) is 8.13. The lowest BCUT2D eigenvalue weighted by Gasteiger charge is -2.45. The molecule has 2 aromatic carbocycles. The number of halogens is 3. The van der Waals surface area contributed by atoms with E-state index in [1.54, 1.807) is 6.92 Å². The van der Waals surface area contributed by atoms with Crippen LogP contribution in [0.3, 0.4) is 0 Å². The van der Waals surface area contributed by atoms with Crippen LogP contribution in [0, 0.1) is 5.92 Å². The van der Waals surface area contributed by atoms with E-state index < -0.39 is 17.3 Å². The number of benzene rings is 2. The summed E-state index contributed by atoms with van der Waals surface area (Å²) in [6.45, 7) is 5.49. The van der Waals surface area contributed by atoms with Crippen LogP contribution in [0.2, 0.25) is 0 Å². The summed E-state index contributed by atoms with van der Waals surface area (Å²) in [4.78, 5) is 15.4. The molecule has 1 aliphatic rings. The zero-order valence-corrected chi connectivity index (χ0v) is 17.0. The van der Waals surface area contributed by atoms with Gasteiger partial charge in [0.05, 0.1) is 11.1 Å². The number of piperidine rings is 1. The van der Waals surface area contributed by atoms with Crippen LogP contribution in [0.25, 0.3) is 0 Å². The number of nitrogens with one attached hydrogen (secondary N) is 1. The van der Waals surface area contributed by atoms with Crippen molar-refractivity contribution in [2.45, 2.75) is 38.4 Å². The lowest BCUT2D eigenvalue weighted by Crippen LogP contribution is -2.57. The molecule has 6 heteroatoms. The summed E-state index contributed by atoms with van der Waals surface area (Å²) in [7, 11) is 2.02. The number of carbonyl (C=O) groups is 1. The van der Waals surface area contributed by atoms with Gasteiger partial charge in [-0.05, 0) is 55.1 Å². The molecule has 1 saturated heterocycles. The molecule has 0 aliphatic carbocycles. The van der Waals surface area contributed by atoms with Crippen molar-refractivity contribution in [2.75, 3.05) is 20.1 Å². The summed E-state index contributed by atoms with van der Waals surface area (Å²) < 4.78 is 39.2. The van der Waals surface area contributed by atoms with Gasteiger partial charge in [0, 0.05) is 18.7 Å². The van der Waals surface area contributed by atoms with Gasteiger partial charge in [0.25, 0.3) is 5.91 Å². The SMILES string of the molecule is CCc1cc(C(F)(F)F)ccc1C(=O)NC1(c2ccccc2)CC(C)CN(C)C1. The van der Waals surface area contributed by atoms with E-state index in [-0.39, 0.29) is 5.91 Å². The van der Waals surface area contributed by atoms with Crippen LogP contribution in [0.1, 0.15) is 47.3 Å². The van der Waals surface area contributed by atoms with Crippen LogP contribution in [0.15, 0.2) is 48.5 Å². The van der Waals surface area contributed by atoms with Gasteiger partial charge in [-0.1, -0.05) is 44.2 Å². The molecule has 0 spiro atoms. The van der Waals surface area contributed by atoms with Crippen LogP contribution < -0.4 is 5.32 Å². The first-order valence-electron chi connectivity index (χ1n) is 9.91. The van der Waals surface area contributed by atoms with Gasteiger partial charge in [-0.2, -0.15) is 13.2 Å². The lowest BCUT2D eigenvalue weighted by molar-refractivity contribution is -0.137. The van der Waals surface area contributed by atoms with E-state index >= 15 is 0 Å². The second-order valence-corrected chi connectivity index (χ2v) is 8.13. The number of alkyl halides is 3. The first-order chi connectivity index (χ1) is 13.6. The van der Waals surface area contributed by atoms with E-state index in [0.717, 1.165) is 30.7 Å². The normalized spacial score (nSPS) is 23.0. The molecule has 0 bridgehead atoms. The Bertz CT molecular complexity index is 854. The molecule has 1 N–H and O–H groups in total. The van der Waals surface area contributed by atoms with E-state index in [9.17, 15) is 18.0 Å². The highest BCUT2D eigenvalue weighted by Gasteiger charge is 2.40. The highest BCUT2D eigenvalue weighted by Crippen LogP contribution is 2.35. The number of carbonyl (C=O) groups excluding carboxylic acids is 1. The predicted molar refractivity (Wildman–Crippen MR) is 108 cm³/mol. The summed E-state index contributed by atoms with van der Waals surface area (Å²) in [6.07, 6.45) is -3.30. The number of likely N-dealkylation sites (N-methyl/N-ethyl adjacent to an activating group) is 1. The van der Waals surface area contributed by atoms with Crippen molar-refractivity contribution >= 4 is 5.91 Å². The summed E-state index contributed by atoms with van der Waals surface area (Å²) in [5.74, 6) is 0.0365. The largest absolute Gasteiger partial charge is 0.416 e. The molecule has 0 aromatic heterocycles. The lowest BCUT2D eigenvalue weighted by atomic mass is 9.78. The minimum atomic E-state index is -4.42. The maximum atomic E-state index is 13.2. The standard InChI is InChI=1S/C23H27F3N2O/c1-4-17-12-19(23(24,25)26)10-11-20(17)21(29)27-22(18-8-6-5-7-9-18)13-16(2)14-28(3)15-22/h5-12,16H,4,13-15H2,1-3H3,(H,27,29). The van der Waals surface area contributed by atoms with Crippen LogP contribution in [-0.4, -0.2) is 30.9 Å². The molecule has 156 valence electrons. The highest BCUT2D eigenvalue weighted by atomic mass is 19.4. The summed E-state index contributed by atoms with van der Waals surface area (Å²) in [6, 6.07) is 13.2. The molecule has 1 fully saturated rings. The molecular formula is C23H27F3N2O. The average molecular weight is 404 g/mol. The fourth-order valence-electron chi connectivity index (χ4n) is 4.48. The van der Waals surface area contributed by atoms with Crippen molar-refractivity contribution < 1.29 is 18.0 Å². The zero-order chi connectivity index (χ0) is 21.2. The van der Waals surface area contributed by atoms with Crippen molar-refractivity contribution in [3.05, 3.63) is 70.8 Å². The van der Waals surface area contributed by atoms with E-state index in [1.807, 2.05) is 37.4 Å². The van der Waals surface area contributed by atoms with Crippen LogP contribution in [0.4, 0.5) is 13.2 Å². The molecule has 2 unspecified atom stereocenters. The molecule has 2 aromatic rings. The van der Waals surface area contributed by atoms with Crippen molar-refractivity contribution in [2.24, 2.45) is 5.92 Å². The number of amides is 1. The maximum absolute atomic E-state index is 13.2. The Morgan fingerprint density at radius 1 is 1.21 bits per heavy atom. The summed E-state index contributed by atoms with van der Waals surface area (Å²) >= 11 is 0. The molecule has 1 amide bonds. The molecule has 1 aliphatic heterocycles. The summed E-state index contributed by atoms with van der Waals surface area (Å²) in [5.41, 5.74) is 0.402. The topological polar surface area (TPSA) is 32.3 Å². The Labute approximate surface area is 169 Å². The predicted octanol–water partition coefficient (Wildman–Crippen LogP) is 4.86.